The third-order valence-electron chi connectivity index (χ3n) is 9.13. The molecule has 218 valence electrons. The first-order chi connectivity index (χ1) is 19.3. The topological polar surface area (TPSA) is 105 Å². The average Bonchev–Trinajstić information content (AvgIpc) is 3.43. The Kier molecular flexibility index (Phi) is 9.01. The van der Waals surface area contributed by atoms with Gasteiger partial charge in [0, 0.05) is 26.2 Å². The lowest BCUT2D eigenvalue weighted by molar-refractivity contribution is 0.0475. The molecular weight excluding hydrogens is 533 g/mol. The number of halogens is 1. The summed E-state index contributed by atoms with van der Waals surface area (Å²) in [7, 11) is -3.11. The van der Waals surface area contributed by atoms with Crippen molar-refractivity contribution in [2.75, 3.05) is 49.9 Å². The Morgan fingerprint density at radius 3 is 2.60 bits per heavy atom. The van der Waals surface area contributed by atoms with Crippen LogP contribution in [0.15, 0.2) is 30.7 Å². The van der Waals surface area contributed by atoms with Gasteiger partial charge in [-0.2, -0.15) is 0 Å². The van der Waals surface area contributed by atoms with E-state index in [0.29, 0.717) is 41.6 Å². The third kappa shape index (κ3) is 6.98. The molecule has 2 aromatic rings. The molecule has 11 heteroatoms. The zero-order chi connectivity index (χ0) is 28.2. The van der Waals surface area contributed by atoms with Gasteiger partial charge in [-0.05, 0) is 100 Å². The number of nitrogens with one attached hydrogen (secondary N) is 1. The summed E-state index contributed by atoms with van der Waals surface area (Å²) in [5.41, 5.74) is 0.568. The van der Waals surface area contributed by atoms with E-state index in [0.717, 1.165) is 58.1 Å². The zero-order valence-corrected chi connectivity index (χ0v) is 24.0. The number of carbonyl (C=O) groups is 1. The van der Waals surface area contributed by atoms with Gasteiger partial charge in [-0.25, -0.2) is 27.5 Å². The number of piperidine rings is 1. The lowest BCUT2D eigenvalue weighted by atomic mass is 9.65. The molecule has 3 aliphatic rings. The van der Waals surface area contributed by atoms with Gasteiger partial charge >= 0.3 is 0 Å². The molecule has 0 bridgehead atoms. The molecule has 1 atom stereocenters. The Morgan fingerprint density at radius 2 is 1.88 bits per heavy atom. The van der Waals surface area contributed by atoms with Crippen LogP contribution in [0.3, 0.4) is 0 Å². The molecule has 1 N–H and O–H groups in total. The van der Waals surface area contributed by atoms with Crippen molar-refractivity contribution in [2.24, 2.45) is 17.3 Å². The highest BCUT2D eigenvalue weighted by molar-refractivity contribution is 7.89. The Bertz CT molecular complexity index is 1270. The second kappa shape index (κ2) is 12.5. The van der Waals surface area contributed by atoms with Gasteiger partial charge in [-0.15, -0.1) is 0 Å². The number of nitrogens with zero attached hydrogens (tertiary/aromatic N) is 4. The predicted molar refractivity (Wildman–Crippen MR) is 152 cm³/mol. The van der Waals surface area contributed by atoms with Crippen LogP contribution in [0.2, 0.25) is 0 Å². The lowest BCUT2D eigenvalue weighted by Crippen LogP contribution is -2.44. The molecule has 2 aliphatic heterocycles. The van der Waals surface area contributed by atoms with Gasteiger partial charge in [0.25, 0.3) is 0 Å². The SMILES string of the molecule is CCS(=O)(=O)NCC1CCC2(CC1)CCN(CC1CCN(c3ncncc3Oc3ccc(F)cc3C=O)C1)CC2. The first kappa shape index (κ1) is 28.9. The number of rotatable bonds is 10. The summed E-state index contributed by atoms with van der Waals surface area (Å²) in [5, 5.41) is 0. The van der Waals surface area contributed by atoms with E-state index in [1.807, 2.05) is 0 Å². The van der Waals surface area contributed by atoms with E-state index in [-0.39, 0.29) is 17.1 Å². The molecule has 3 fully saturated rings. The molecule has 2 saturated heterocycles. The minimum absolute atomic E-state index is 0.143. The van der Waals surface area contributed by atoms with Crippen molar-refractivity contribution in [1.82, 2.24) is 19.6 Å². The summed E-state index contributed by atoms with van der Waals surface area (Å²) < 4.78 is 45.9. The highest BCUT2D eigenvalue weighted by atomic mass is 32.2. The number of aldehydes is 1. The van der Waals surface area contributed by atoms with Gasteiger partial charge in [-0.1, -0.05) is 0 Å². The van der Waals surface area contributed by atoms with Crippen LogP contribution in [-0.2, 0) is 10.0 Å². The molecule has 1 aromatic carbocycles. The monoisotopic (exact) mass is 573 g/mol. The van der Waals surface area contributed by atoms with Crippen molar-refractivity contribution in [2.45, 2.75) is 51.9 Å². The number of ether oxygens (including phenoxy) is 1. The van der Waals surface area contributed by atoms with Crippen molar-refractivity contribution in [1.29, 1.82) is 0 Å². The fourth-order valence-corrected chi connectivity index (χ4v) is 7.23. The number of hydrogen-bond acceptors (Lipinski definition) is 8. The molecule has 9 nitrogen and oxygen atoms in total. The van der Waals surface area contributed by atoms with Crippen LogP contribution >= 0.6 is 0 Å². The molecule has 40 heavy (non-hydrogen) atoms. The second-order valence-corrected chi connectivity index (χ2v) is 13.8. The molecule has 1 saturated carbocycles. The van der Waals surface area contributed by atoms with Crippen LogP contribution in [-0.4, -0.2) is 74.6 Å². The van der Waals surface area contributed by atoms with Crippen LogP contribution in [0.1, 0.15) is 62.2 Å². The number of benzene rings is 1. The van der Waals surface area contributed by atoms with Crippen molar-refractivity contribution in [3.63, 3.8) is 0 Å². The highest BCUT2D eigenvalue weighted by Crippen LogP contribution is 2.46. The Balaban J connectivity index is 1.10. The lowest BCUT2D eigenvalue weighted by Gasteiger charge is -2.46. The average molecular weight is 574 g/mol. The first-order valence-corrected chi connectivity index (χ1v) is 16.1. The molecule has 0 radical (unpaired) electrons. The van der Waals surface area contributed by atoms with Crippen LogP contribution in [0, 0.1) is 23.1 Å². The minimum atomic E-state index is -3.11. The second-order valence-electron chi connectivity index (χ2n) is 11.7. The van der Waals surface area contributed by atoms with Gasteiger partial charge in [0.1, 0.15) is 17.9 Å². The number of anilines is 1. The van der Waals surface area contributed by atoms with Gasteiger partial charge in [0.05, 0.1) is 17.5 Å². The van der Waals surface area contributed by atoms with Crippen molar-refractivity contribution < 1.29 is 22.3 Å². The molecule has 1 unspecified atom stereocenters. The summed E-state index contributed by atoms with van der Waals surface area (Å²) in [6, 6.07) is 3.87. The molecule has 1 aliphatic carbocycles. The molecule has 3 heterocycles. The summed E-state index contributed by atoms with van der Waals surface area (Å²) >= 11 is 0. The largest absolute Gasteiger partial charge is 0.451 e. The number of hydrogen-bond donors (Lipinski definition) is 1. The van der Waals surface area contributed by atoms with Gasteiger partial charge < -0.3 is 14.5 Å². The Hall–Kier alpha value is -2.63. The van der Waals surface area contributed by atoms with Crippen molar-refractivity contribution >= 4 is 22.1 Å². The zero-order valence-electron chi connectivity index (χ0n) is 23.2. The van der Waals surface area contributed by atoms with Gasteiger partial charge in [-0.3, -0.25) is 4.79 Å². The normalized spacial score (nSPS) is 22.1. The molecule has 1 aromatic heterocycles. The van der Waals surface area contributed by atoms with E-state index < -0.39 is 15.8 Å². The van der Waals surface area contributed by atoms with Crippen LogP contribution in [0.4, 0.5) is 10.2 Å². The Labute approximate surface area is 236 Å². The van der Waals surface area contributed by atoms with E-state index in [2.05, 4.69) is 24.5 Å². The standard InChI is InChI=1S/C29H40FN5O4S/c1-2-40(37,38)33-16-22-5-8-29(9-6-22)10-13-34(14-11-29)18-23-7-12-35(19-23)28-27(17-31-21-32-28)39-26-4-3-25(30)15-24(26)20-36/h3-4,15,17,20-23,33H,2,5-14,16,18-19H2,1H3. The molecular formula is C29H40FN5O4S. The number of likely N-dealkylation sites (tertiary alicyclic amines) is 1. The summed E-state index contributed by atoms with van der Waals surface area (Å²) in [6.45, 7) is 7.28. The van der Waals surface area contributed by atoms with Gasteiger partial charge in [0.2, 0.25) is 10.0 Å². The molecule has 0 amide bonds. The third-order valence-corrected chi connectivity index (χ3v) is 10.5. The van der Waals surface area contributed by atoms with Crippen molar-refractivity contribution in [3.05, 3.63) is 42.1 Å². The fourth-order valence-electron chi connectivity index (χ4n) is 6.53. The fraction of sp³-hybridized carbons (Fsp3) is 0.621. The maximum absolute atomic E-state index is 13.6. The van der Waals surface area contributed by atoms with Crippen LogP contribution < -0.4 is 14.4 Å². The highest BCUT2D eigenvalue weighted by Gasteiger charge is 2.39. The maximum atomic E-state index is 13.6. The number of aromatic nitrogens is 2. The molecule has 1 spiro atoms. The smallest absolute Gasteiger partial charge is 0.211 e. The van der Waals surface area contributed by atoms with E-state index >= 15 is 0 Å². The number of sulfonamides is 1. The minimum Gasteiger partial charge on any atom is -0.451 e. The van der Waals surface area contributed by atoms with E-state index in [1.54, 1.807) is 13.1 Å². The van der Waals surface area contributed by atoms with Crippen LogP contribution in [0.25, 0.3) is 0 Å². The predicted octanol–water partition coefficient (Wildman–Crippen LogP) is 4.26. The van der Waals surface area contributed by atoms with Crippen LogP contribution in [0.5, 0.6) is 11.5 Å². The van der Waals surface area contributed by atoms with Crippen molar-refractivity contribution in [3.8, 4) is 11.5 Å². The summed E-state index contributed by atoms with van der Waals surface area (Å²) in [5.74, 6) is 2.06. The van der Waals surface area contributed by atoms with E-state index in [9.17, 15) is 17.6 Å². The van der Waals surface area contributed by atoms with Gasteiger partial charge in [0.15, 0.2) is 17.9 Å². The van der Waals surface area contributed by atoms with E-state index in [4.69, 9.17) is 4.74 Å². The van der Waals surface area contributed by atoms with E-state index in [1.165, 1.54) is 44.1 Å². The Morgan fingerprint density at radius 1 is 1.10 bits per heavy atom. The first-order valence-electron chi connectivity index (χ1n) is 14.5. The summed E-state index contributed by atoms with van der Waals surface area (Å²) in [6.07, 6.45) is 11.8. The quantitative estimate of drug-likeness (QED) is 0.421. The maximum Gasteiger partial charge on any atom is 0.211 e. The number of carbonyl (C=O) groups excluding carboxylic acids is 1. The summed E-state index contributed by atoms with van der Waals surface area (Å²) in [4.78, 5) is 24.8. The molecule has 5 rings (SSSR count).